The van der Waals surface area contributed by atoms with Gasteiger partial charge in [-0.2, -0.15) is 0 Å². The summed E-state index contributed by atoms with van der Waals surface area (Å²) in [4.78, 5) is 17.9. The van der Waals surface area contributed by atoms with Crippen molar-refractivity contribution in [3.8, 4) is 28.4 Å². The van der Waals surface area contributed by atoms with Crippen molar-refractivity contribution in [2.75, 3.05) is 26.2 Å². The Morgan fingerprint density at radius 1 is 0.683 bits per heavy atom. The molecule has 0 unspecified atom stereocenters. The average Bonchev–Trinajstić information content (AvgIpc) is 3.94. The van der Waals surface area contributed by atoms with E-state index in [1.54, 1.807) is 4.80 Å². The molecule has 9 heteroatoms. The van der Waals surface area contributed by atoms with Gasteiger partial charge < -0.3 is 14.6 Å². The molecule has 298 valence electrons. The number of ether oxygens (including phenoxy) is 1. The van der Waals surface area contributed by atoms with E-state index in [0.717, 1.165) is 89.7 Å². The molecule has 60 heavy (non-hydrogen) atoms. The van der Waals surface area contributed by atoms with Crippen LogP contribution < -0.4 is 10.1 Å². The number of aromatic nitrogens is 5. The molecule has 2 aliphatic rings. The molecule has 0 spiro atoms. The zero-order valence-electron chi connectivity index (χ0n) is 33.5. The van der Waals surface area contributed by atoms with Gasteiger partial charge in [0.25, 0.3) is 5.91 Å². The third kappa shape index (κ3) is 6.94. The van der Waals surface area contributed by atoms with Crippen LogP contribution in [0.5, 0.6) is 5.88 Å². The molecule has 1 amide bonds. The highest BCUT2D eigenvalue weighted by Crippen LogP contribution is 2.41. The number of hydrogen-bond acceptors (Lipinski definition) is 6. The minimum Gasteiger partial charge on any atom is -0.478 e. The lowest BCUT2D eigenvalue weighted by Gasteiger charge is -2.34. The summed E-state index contributed by atoms with van der Waals surface area (Å²) in [5, 5.41) is 19.0. The number of nitrogens with zero attached hydrogens (tertiary/aromatic N) is 6. The topological polar surface area (TPSA) is 90.1 Å². The first-order chi connectivity index (χ1) is 29.7. The van der Waals surface area contributed by atoms with Gasteiger partial charge in [-0.05, 0) is 82.9 Å². The van der Waals surface area contributed by atoms with Crippen molar-refractivity contribution in [1.29, 1.82) is 0 Å². The normalized spacial score (nSPS) is 14.7. The fourth-order valence-electron chi connectivity index (χ4n) is 9.26. The first kappa shape index (κ1) is 37.4. The lowest BCUT2D eigenvalue weighted by molar-refractivity contribution is 0.0930. The van der Waals surface area contributed by atoms with Crippen LogP contribution in [0.15, 0.2) is 164 Å². The van der Waals surface area contributed by atoms with Gasteiger partial charge >= 0.3 is 0 Å². The molecule has 1 fully saturated rings. The van der Waals surface area contributed by atoms with E-state index in [-0.39, 0.29) is 5.91 Å². The number of benzene rings is 6. The summed E-state index contributed by atoms with van der Waals surface area (Å²) in [5.74, 6) is 1.68. The molecule has 6 aromatic carbocycles. The molecule has 4 heterocycles. The van der Waals surface area contributed by atoms with Gasteiger partial charge in [-0.15, -0.1) is 15.0 Å². The summed E-state index contributed by atoms with van der Waals surface area (Å²) in [7, 11) is 0. The fraction of sp³-hybridized carbons (Fsp3) is 0.216. The van der Waals surface area contributed by atoms with Gasteiger partial charge in [-0.3, -0.25) is 9.69 Å². The van der Waals surface area contributed by atoms with Crippen LogP contribution in [-0.4, -0.2) is 61.8 Å². The van der Waals surface area contributed by atoms with Crippen LogP contribution >= 0.6 is 0 Å². The molecule has 10 rings (SSSR count). The van der Waals surface area contributed by atoms with E-state index in [1.165, 1.54) is 5.56 Å². The fourth-order valence-corrected chi connectivity index (χ4v) is 9.26. The van der Waals surface area contributed by atoms with Crippen LogP contribution in [0.4, 0.5) is 0 Å². The van der Waals surface area contributed by atoms with Gasteiger partial charge in [0.05, 0.1) is 12.1 Å². The van der Waals surface area contributed by atoms with Crippen LogP contribution in [0.2, 0.25) is 0 Å². The standard InChI is InChI=1S/C51H47N7O2/c59-49(47-45-23-12-13-24-46(45)57-31-14-34-60-50(47)57)52-35-37-29-32-56(33-30-37)36-38-25-27-39(28-26-38)43-21-10-11-22-44(43)48-53-55-58(54-48)51(40-15-4-1-5-16-40,41-17-6-2-7-18-41)42-19-8-3-9-20-42/h1-13,15-28,37H,14,29-36H2,(H,52,59). The molecule has 0 atom stereocenters. The summed E-state index contributed by atoms with van der Waals surface area (Å²) >= 11 is 0. The third-order valence-corrected chi connectivity index (χ3v) is 12.3. The molecule has 1 saturated heterocycles. The summed E-state index contributed by atoms with van der Waals surface area (Å²) in [6, 6.07) is 56.6. The van der Waals surface area contributed by atoms with Crippen LogP contribution in [0.1, 0.15) is 51.9 Å². The van der Waals surface area contributed by atoms with Crippen molar-refractivity contribution in [2.24, 2.45) is 5.92 Å². The van der Waals surface area contributed by atoms with E-state index >= 15 is 0 Å². The molecule has 8 aromatic rings. The Labute approximate surface area is 350 Å². The van der Waals surface area contributed by atoms with E-state index in [9.17, 15) is 4.79 Å². The molecule has 0 saturated carbocycles. The molecule has 0 aliphatic carbocycles. The lowest BCUT2D eigenvalue weighted by Crippen LogP contribution is -2.39. The zero-order chi connectivity index (χ0) is 40.3. The number of nitrogens with one attached hydrogen (secondary N) is 1. The molecule has 2 aromatic heterocycles. The van der Waals surface area contributed by atoms with Crippen LogP contribution in [0.25, 0.3) is 33.4 Å². The Morgan fingerprint density at radius 3 is 1.95 bits per heavy atom. The molecular formula is C51H47N7O2. The van der Waals surface area contributed by atoms with Gasteiger partial charge in [-0.25, -0.2) is 0 Å². The Morgan fingerprint density at radius 2 is 1.28 bits per heavy atom. The monoisotopic (exact) mass is 789 g/mol. The Hall–Kier alpha value is -6.84. The molecule has 0 radical (unpaired) electrons. The molecule has 2 aliphatic heterocycles. The number of tetrazole rings is 1. The maximum atomic E-state index is 13.5. The Balaban J connectivity index is 0.830. The highest BCUT2D eigenvalue weighted by molar-refractivity contribution is 6.09. The maximum absolute atomic E-state index is 13.5. The second-order valence-corrected chi connectivity index (χ2v) is 15.9. The van der Waals surface area contributed by atoms with Gasteiger partial charge in [0, 0.05) is 30.6 Å². The van der Waals surface area contributed by atoms with E-state index in [4.69, 9.17) is 20.1 Å². The van der Waals surface area contributed by atoms with Crippen molar-refractivity contribution in [3.63, 3.8) is 0 Å². The van der Waals surface area contributed by atoms with Crippen LogP contribution in [0.3, 0.4) is 0 Å². The lowest BCUT2D eigenvalue weighted by atomic mass is 9.77. The third-order valence-electron chi connectivity index (χ3n) is 12.3. The Bertz CT molecular complexity index is 2620. The number of hydrogen-bond donors (Lipinski definition) is 1. The Kier molecular flexibility index (Phi) is 10.2. The van der Waals surface area contributed by atoms with Crippen LogP contribution in [-0.2, 0) is 18.6 Å². The highest BCUT2D eigenvalue weighted by atomic mass is 16.5. The van der Waals surface area contributed by atoms with Gasteiger partial charge in [0.2, 0.25) is 11.7 Å². The van der Waals surface area contributed by atoms with Gasteiger partial charge in [-0.1, -0.05) is 158 Å². The van der Waals surface area contributed by atoms with Crippen molar-refractivity contribution in [1.82, 2.24) is 35.0 Å². The minimum absolute atomic E-state index is 0.0361. The number of likely N-dealkylation sites (tertiary alicyclic amines) is 1. The first-order valence-electron chi connectivity index (χ1n) is 21.1. The van der Waals surface area contributed by atoms with Gasteiger partial charge in [0.1, 0.15) is 5.56 Å². The highest BCUT2D eigenvalue weighted by Gasteiger charge is 2.41. The van der Waals surface area contributed by atoms with E-state index in [2.05, 4.69) is 136 Å². The second kappa shape index (κ2) is 16.4. The largest absolute Gasteiger partial charge is 0.478 e. The molecular weight excluding hydrogens is 743 g/mol. The van der Waals surface area contributed by atoms with Crippen molar-refractivity contribution >= 4 is 16.8 Å². The summed E-state index contributed by atoms with van der Waals surface area (Å²) < 4.78 is 8.17. The SMILES string of the molecule is O=C(NCC1CCN(Cc2ccc(-c3ccccc3-c3nnn(C(c4ccccc4)(c4ccccc4)c4ccccc4)n3)cc2)CC1)c1c2n(c3ccccc13)CCCO2. The number of piperidine rings is 1. The molecule has 0 bridgehead atoms. The summed E-state index contributed by atoms with van der Waals surface area (Å²) in [6.07, 6.45) is 3.05. The maximum Gasteiger partial charge on any atom is 0.257 e. The summed E-state index contributed by atoms with van der Waals surface area (Å²) in [5.41, 5.74) is 8.37. The quantitative estimate of drug-likeness (QED) is 0.132. The number of amides is 1. The molecule has 9 nitrogen and oxygen atoms in total. The van der Waals surface area contributed by atoms with Crippen molar-refractivity contribution < 1.29 is 9.53 Å². The number of rotatable bonds is 11. The number of para-hydroxylation sites is 1. The number of aryl methyl sites for hydroxylation is 1. The van der Waals surface area contributed by atoms with E-state index in [0.29, 0.717) is 36.3 Å². The minimum atomic E-state index is -0.846. The molecule has 1 N–H and O–H groups in total. The summed E-state index contributed by atoms with van der Waals surface area (Å²) in [6.45, 7) is 5.08. The van der Waals surface area contributed by atoms with E-state index < -0.39 is 5.54 Å². The first-order valence-corrected chi connectivity index (χ1v) is 21.1. The average molecular weight is 790 g/mol. The second-order valence-electron chi connectivity index (χ2n) is 15.9. The predicted molar refractivity (Wildman–Crippen MR) is 236 cm³/mol. The van der Waals surface area contributed by atoms with Crippen LogP contribution in [0, 0.1) is 5.92 Å². The van der Waals surface area contributed by atoms with Crippen molar-refractivity contribution in [2.45, 2.75) is 37.9 Å². The van der Waals surface area contributed by atoms with E-state index in [1.807, 2.05) is 42.5 Å². The number of fused-ring (bicyclic) bond motifs is 3. The number of carbonyl (C=O) groups excluding carboxylic acids is 1. The smallest absolute Gasteiger partial charge is 0.257 e. The van der Waals surface area contributed by atoms with Crippen molar-refractivity contribution in [3.05, 3.63) is 192 Å². The predicted octanol–water partition coefficient (Wildman–Crippen LogP) is 9.23. The van der Waals surface area contributed by atoms with Gasteiger partial charge in [0.15, 0.2) is 5.54 Å². The zero-order valence-corrected chi connectivity index (χ0v) is 33.5. The number of carbonyl (C=O) groups is 1.